The second-order valence-corrected chi connectivity index (χ2v) is 5.26. The van der Waals surface area contributed by atoms with Crippen LogP contribution in [0.1, 0.15) is 29.8 Å². The number of hydrogen-bond acceptors (Lipinski definition) is 4. The zero-order valence-electron chi connectivity index (χ0n) is 11.0. The molecule has 1 atom stereocenters. The van der Waals surface area contributed by atoms with Crippen molar-refractivity contribution in [1.29, 1.82) is 0 Å². The van der Waals surface area contributed by atoms with Gasteiger partial charge in [0.25, 0.3) is 0 Å². The molecule has 0 bridgehead atoms. The normalized spacial score (nSPS) is 22.8. The van der Waals surface area contributed by atoms with Crippen LogP contribution in [0.15, 0.2) is 35.0 Å². The van der Waals surface area contributed by atoms with Crippen LogP contribution in [0.5, 0.6) is 0 Å². The third kappa shape index (κ3) is 1.49. The Bertz CT molecular complexity index is 727. The largest absolute Gasteiger partial charge is 0.486 e. The molecule has 0 N–H and O–H groups in total. The summed E-state index contributed by atoms with van der Waals surface area (Å²) < 4.78 is 5.80. The quantitative estimate of drug-likeness (QED) is 0.339. The Morgan fingerprint density at radius 1 is 1.20 bits per heavy atom. The van der Waals surface area contributed by atoms with E-state index in [9.17, 15) is 9.59 Å². The maximum Gasteiger partial charge on any atom is 0.234 e. The predicted octanol–water partition coefficient (Wildman–Crippen LogP) is 2.65. The summed E-state index contributed by atoms with van der Waals surface area (Å²) >= 11 is 0. The Morgan fingerprint density at radius 3 is 2.50 bits per heavy atom. The van der Waals surface area contributed by atoms with Crippen LogP contribution in [0.2, 0.25) is 0 Å². The molecule has 3 rings (SSSR count). The molecule has 2 aliphatic rings. The van der Waals surface area contributed by atoms with Gasteiger partial charge in [0.15, 0.2) is 0 Å². The summed E-state index contributed by atoms with van der Waals surface area (Å²) in [5, 5.41) is 3.64. The summed E-state index contributed by atoms with van der Waals surface area (Å²) in [5.74, 6) is -0.881. The van der Waals surface area contributed by atoms with Crippen LogP contribution in [0.25, 0.3) is 16.2 Å². The van der Waals surface area contributed by atoms with Crippen LogP contribution in [0.3, 0.4) is 0 Å². The van der Waals surface area contributed by atoms with Gasteiger partial charge in [0.05, 0.1) is 5.57 Å². The lowest BCUT2D eigenvalue weighted by Crippen LogP contribution is -2.35. The second-order valence-electron chi connectivity index (χ2n) is 5.26. The van der Waals surface area contributed by atoms with Crippen molar-refractivity contribution in [2.24, 2.45) is 5.11 Å². The van der Waals surface area contributed by atoms with Crippen LogP contribution >= 0.6 is 0 Å². The van der Waals surface area contributed by atoms with Crippen molar-refractivity contribution >= 4 is 17.3 Å². The summed E-state index contributed by atoms with van der Waals surface area (Å²) in [6.07, 6.45) is 0. The number of rotatable bonds is 1. The first-order chi connectivity index (χ1) is 9.47. The molecule has 0 radical (unpaired) electrons. The molecule has 1 aliphatic carbocycles. The minimum atomic E-state index is -0.857. The fourth-order valence-corrected chi connectivity index (χ4v) is 2.65. The Labute approximate surface area is 114 Å². The highest BCUT2D eigenvalue weighted by Crippen LogP contribution is 2.45. The molecular formula is C14H11N3O3. The topological polar surface area (TPSA) is 92.1 Å². The lowest BCUT2D eigenvalue weighted by Gasteiger charge is -2.24. The number of carbonyl (C=O) groups is 2. The first-order valence-electron chi connectivity index (χ1n) is 6.13. The summed E-state index contributed by atoms with van der Waals surface area (Å²) in [5.41, 5.74) is 8.89. The van der Waals surface area contributed by atoms with Crippen LogP contribution in [-0.4, -0.2) is 23.2 Å². The number of hydrogen-bond donors (Lipinski definition) is 0. The molecule has 1 heterocycles. The molecule has 0 saturated carbocycles. The number of fused-ring (bicyclic) bond motifs is 2. The van der Waals surface area contributed by atoms with Crippen molar-refractivity contribution in [3.05, 3.63) is 51.4 Å². The molecule has 1 unspecified atom stereocenters. The van der Waals surface area contributed by atoms with Crippen LogP contribution in [0.4, 0.5) is 0 Å². The summed E-state index contributed by atoms with van der Waals surface area (Å²) in [6.45, 7) is 3.45. The maximum absolute atomic E-state index is 12.3. The van der Waals surface area contributed by atoms with Gasteiger partial charge in [-0.2, -0.15) is 0 Å². The molecule has 100 valence electrons. The van der Waals surface area contributed by atoms with Crippen molar-refractivity contribution < 1.29 is 14.3 Å². The zero-order valence-corrected chi connectivity index (χ0v) is 11.0. The smallest absolute Gasteiger partial charge is 0.234 e. The molecule has 20 heavy (non-hydrogen) atoms. The molecule has 1 aromatic carbocycles. The van der Waals surface area contributed by atoms with Gasteiger partial charge in [-0.1, -0.05) is 29.4 Å². The average molecular weight is 269 g/mol. The van der Waals surface area contributed by atoms with E-state index >= 15 is 0 Å². The van der Waals surface area contributed by atoms with Gasteiger partial charge >= 0.3 is 0 Å². The number of ketones is 2. The van der Waals surface area contributed by atoms with Crippen molar-refractivity contribution in [1.82, 2.24) is 0 Å². The monoisotopic (exact) mass is 269 g/mol. The van der Waals surface area contributed by atoms with Gasteiger partial charge in [-0.25, -0.2) is 0 Å². The van der Waals surface area contributed by atoms with E-state index in [1.54, 1.807) is 38.1 Å². The van der Waals surface area contributed by atoms with E-state index in [1.165, 1.54) is 0 Å². The molecule has 1 aliphatic heterocycles. The molecule has 0 fully saturated rings. The van der Waals surface area contributed by atoms with Gasteiger partial charge in [-0.3, -0.25) is 9.59 Å². The Morgan fingerprint density at radius 2 is 1.85 bits per heavy atom. The van der Waals surface area contributed by atoms with Gasteiger partial charge in [0.1, 0.15) is 17.4 Å². The van der Waals surface area contributed by atoms with Crippen molar-refractivity contribution in [3.8, 4) is 0 Å². The maximum atomic E-state index is 12.3. The number of azide groups is 1. The summed E-state index contributed by atoms with van der Waals surface area (Å²) in [4.78, 5) is 27.2. The van der Waals surface area contributed by atoms with Crippen molar-refractivity contribution in [2.45, 2.75) is 25.5 Å². The zero-order chi connectivity index (χ0) is 14.5. The van der Waals surface area contributed by atoms with Crippen molar-refractivity contribution in [3.63, 3.8) is 0 Å². The molecule has 0 saturated heterocycles. The van der Waals surface area contributed by atoms with Crippen LogP contribution < -0.4 is 0 Å². The van der Waals surface area contributed by atoms with E-state index in [2.05, 4.69) is 10.0 Å². The predicted molar refractivity (Wildman–Crippen MR) is 70.8 cm³/mol. The standard InChI is InChI=1S/C14H11N3O3/c1-14(2)13(16-17-15)9-11(19)10(18)7-5-3-4-6-8(7)12(9)20-14/h3-6,13H,1-2H3. The average Bonchev–Trinajstić information content (AvgIpc) is 2.69. The van der Waals surface area contributed by atoms with Gasteiger partial charge in [-0.15, -0.1) is 0 Å². The van der Waals surface area contributed by atoms with E-state index in [-0.39, 0.29) is 5.57 Å². The number of ether oxygens (including phenoxy) is 1. The molecule has 1 aromatic rings. The fourth-order valence-electron chi connectivity index (χ4n) is 2.65. The molecule has 0 aromatic heterocycles. The fraction of sp³-hybridized carbons (Fsp3) is 0.286. The summed E-state index contributed by atoms with van der Waals surface area (Å²) in [7, 11) is 0. The van der Waals surface area contributed by atoms with Crippen LogP contribution in [-0.2, 0) is 9.53 Å². The van der Waals surface area contributed by atoms with E-state index in [1.807, 2.05) is 0 Å². The van der Waals surface area contributed by atoms with Gasteiger partial charge in [0, 0.05) is 16.0 Å². The first-order valence-corrected chi connectivity index (χ1v) is 6.13. The van der Waals surface area contributed by atoms with Gasteiger partial charge in [0.2, 0.25) is 11.6 Å². The van der Waals surface area contributed by atoms with E-state index < -0.39 is 23.2 Å². The third-order valence-corrected chi connectivity index (χ3v) is 3.58. The summed E-state index contributed by atoms with van der Waals surface area (Å²) in [6, 6.07) is 5.98. The SMILES string of the molecule is CC1(C)OC2=C(C(=O)C(=O)c3ccccc32)C1N=[N+]=[N-]. The highest BCUT2D eigenvalue weighted by Gasteiger charge is 2.50. The minimum Gasteiger partial charge on any atom is -0.486 e. The number of nitrogens with zero attached hydrogens (tertiary/aromatic N) is 3. The molecule has 6 nitrogen and oxygen atoms in total. The number of carbonyl (C=O) groups excluding carboxylic acids is 2. The number of Topliss-reactive ketones (excluding diaryl/α,β-unsaturated/α-hetero) is 2. The Balaban J connectivity index is 2.29. The second kappa shape index (κ2) is 3.95. The highest BCUT2D eigenvalue weighted by molar-refractivity contribution is 6.52. The highest BCUT2D eigenvalue weighted by atomic mass is 16.5. The lowest BCUT2D eigenvalue weighted by atomic mass is 9.83. The Hall–Kier alpha value is -2.59. The molecule has 0 spiro atoms. The van der Waals surface area contributed by atoms with Gasteiger partial charge in [-0.05, 0) is 19.4 Å². The van der Waals surface area contributed by atoms with E-state index in [0.717, 1.165) is 0 Å². The van der Waals surface area contributed by atoms with Crippen LogP contribution in [0, 0.1) is 0 Å². The van der Waals surface area contributed by atoms with E-state index in [0.29, 0.717) is 16.9 Å². The number of benzene rings is 1. The first kappa shape index (κ1) is 12.4. The minimum absolute atomic E-state index is 0.163. The van der Waals surface area contributed by atoms with Crippen molar-refractivity contribution in [2.75, 3.05) is 0 Å². The molecule has 0 amide bonds. The molecular weight excluding hydrogens is 258 g/mol. The molecule has 6 heteroatoms. The van der Waals surface area contributed by atoms with Gasteiger partial charge < -0.3 is 4.74 Å². The lowest BCUT2D eigenvalue weighted by molar-refractivity contribution is -0.112. The third-order valence-electron chi connectivity index (χ3n) is 3.58. The Kier molecular flexibility index (Phi) is 2.46. The van der Waals surface area contributed by atoms with E-state index in [4.69, 9.17) is 10.3 Å².